The third kappa shape index (κ3) is 3.06. The lowest BCUT2D eigenvalue weighted by molar-refractivity contribution is -0.110. The van der Waals surface area contributed by atoms with Gasteiger partial charge in [-0.3, -0.25) is 9.79 Å². The van der Waals surface area contributed by atoms with Gasteiger partial charge in [0.25, 0.3) is 0 Å². The second kappa shape index (κ2) is 5.12. The van der Waals surface area contributed by atoms with E-state index in [1.807, 2.05) is 0 Å². The topological polar surface area (TPSA) is 41.5 Å². The first-order chi connectivity index (χ1) is 7.74. The predicted octanol–water partition coefficient (Wildman–Crippen LogP) is 2.65. The SMILES string of the molecule is O=C1CCCN=C(Nc2cccc(F)c2)S1. The van der Waals surface area contributed by atoms with Crippen LogP contribution in [0.25, 0.3) is 0 Å². The Morgan fingerprint density at radius 2 is 2.31 bits per heavy atom. The van der Waals surface area contributed by atoms with Crippen molar-refractivity contribution in [3.63, 3.8) is 0 Å². The molecular weight excluding hydrogens is 227 g/mol. The summed E-state index contributed by atoms with van der Waals surface area (Å²) < 4.78 is 12.9. The van der Waals surface area contributed by atoms with E-state index in [4.69, 9.17) is 0 Å². The summed E-state index contributed by atoms with van der Waals surface area (Å²) in [6.45, 7) is 0.635. The molecule has 0 aromatic heterocycles. The van der Waals surface area contributed by atoms with Crippen LogP contribution in [0, 0.1) is 5.82 Å². The molecular formula is C11H11FN2OS. The van der Waals surface area contributed by atoms with Crippen molar-refractivity contribution in [1.82, 2.24) is 0 Å². The summed E-state index contributed by atoms with van der Waals surface area (Å²) in [7, 11) is 0. The number of carbonyl (C=O) groups is 1. The van der Waals surface area contributed by atoms with E-state index in [0.29, 0.717) is 23.8 Å². The highest BCUT2D eigenvalue weighted by molar-refractivity contribution is 8.26. The van der Waals surface area contributed by atoms with Crippen LogP contribution in [0.4, 0.5) is 10.1 Å². The average Bonchev–Trinajstić information content (AvgIpc) is 2.43. The van der Waals surface area contributed by atoms with Gasteiger partial charge in [0.1, 0.15) is 5.82 Å². The van der Waals surface area contributed by atoms with Gasteiger partial charge in [-0.1, -0.05) is 6.07 Å². The van der Waals surface area contributed by atoms with Gasteiger partial charge < -0.3 is 5.32 Å². The maximum absolute atomic E-state index is 12.9. The standard InChI is InChI=1S/C11H11FN2OS/c12-8-3-1-4-9(7-8)14-11-13-6-2-5-10(15)16-11/h1,3-4,7H,2,5-6H2,(H,13,14). The van der Waals surface area contributed by atoms with Crippen LogP contribution in [-0.4, -0.2) is 16.8 Å². The number of anilines is 1. The van der Waals surface area contributed by atoms with Crippen LogP contribution in [0.15, 0.2) is 29.3 Å². The fourth-order valence-corrected chi connectivity index (χ4v) is 2.14. The zero-order valence-corrected chi connectivity index (χ0v) is 9.39. The Morgan fingerprint density at radius 3 is 3.12 bits per heavy atom. The van der Waals surface area contributed by atoms with Gasteiger partial charge in [0.05, 0.1) is 0 Å². The van der Waals surface area contributed by atoms with Crippen LogP contribution >= 0.6 is 11.8 Å². The zero-order valence-electron chi connectivity index (χ0n) is 8.57. The van der Waals surface area contributed by atoms with Gasteiger partial charge in [0.15, 0.2) is 10.3 Å². The number of hydrogen-bond acceptors (Lipinski definition) is 4. The summed E-state index contributed by atoms with van der Waals surface area (Å²) >= 11 is 1.09. The van der Waals surface area contributed by atoms with Crippen LogP contribution in [0.5, 0.6) is 0 Å². The molecule has 0 amide bonds. The summed E-state index contributed by atoms with van der Waals surface area (Å²) in [5, 5.41) is 3.59. The van der Waals surface area contributed by atoms with E-state index in [1.54, 1.807) is 12.1 Å². The van der Waals surface area contributed by atoms with Gasteiger partial charge in [-0.15, -0.1) is 0 Å². The highest BCUT2D eigenvalue weighted by Crippen LogP contribution is 2.18. The van der Waals surface area contributed by atoms with Crippen molar-refractivity contribution in [3.8, 4) is 0 Å². The summed E-state index contributed by atoms with van der Waals surface area (Å²) in [6.07, 6.45) is 1.32. The maximum atomic E-state index is 12.9. The van der Waals surface area contributed by atoms with Crippen LogP contribution < -0.4 is 5.32 Å². The number of halogens is 1. The molecule has 0 aliphatic carbocycles. The fraction of sp³-hybridized carbons (Fsp3) is 0.273. The normalized spacial score (nSPS) is 16.6. The molecule has 1 heterocycles. The number of benzene rings is 1. The summed E-state index contributed by atoms with van der Waals surface area (Å²) in [6, 6.07) is 6.10. The van der Waals surface area contributed by atoms with Gasteiger partial charge >= 0.3 is 0 Å². The van der Waals surface area contributed by atoms with Crippen LogP contribution in [0.3, 0.4) is 0 Å². The molecule has 84 valence electrons. The number of hydrogen-bond donors (Lipinski definition) is 1. The minimum atomic E-state index is -0.310. The molecule has 0 bridgehead atoms. The van der Waals surface area contributed by atoms with E-state index in [0.717, 1.165) is 18.2 Å². The Bertz CT molecular complexity index is 434. The van der Waals surface area contributed by atoms with Crippen molar-refractivity contribution in [2.24, 2.45) is 4.99 Å². The molecule has 1 aromatic rings. The molecule has 0 unspecified atom stereocenters. The molecule has 0 fully saturated rings. The van der Waals surface area contributed by atoms with E-state index in [1.165, 1.54) is 12.1 Å². The second-order valence-corrected chi connectivity index (χ2v) is 4.45. The molecule has 0 saturated heterocycles. The molecule has 1 aliphatic heterocycles. The minimum Gasteiger partial charge on any atom is -0.335 e. The van der Waals surface area contributed by atoms with Crippen molar-refractivity contribution in [1.29, 1.82) is 0 Å². The van der Waals surface area contributed by atoms with Crippen molar-refractivity contribution in [2.45, 2.75) is 12.8 Å². The van der Waals surface area contributed by atoms with E-state index in [-0.39, 0.29) is 10.9 Å². The average molecular weight is 238 g/mol. The Hall–Kier alpha value is -1.36. The Balaban J connectivity index is 2.08. The van der Waals surface area contributed by atoms with Crippen LogP contribution in [0.2, 0.25) is 0 Å². The van der Waals surface area contributed by atoms with Gasteiger partial charge in [-0.25, -0.2) is 4.39 Å². The molecule has 1 aliphatic rings. The Kier molecular flexibility index (Phi) is 3.56. The number of rotatable bonds is 1. The number of nitrogens with zero attached hydrogens (tertiary/aromatic N) is 1. The molecule has 0 atom stereocenters. The first-order valence-electron chi connectivity index (χ1n) is 5.02. The third-order valence-corrected chi connectivity index (χ3v) is 2.94. The summed E-state index contributed by atoms with van der Waals surface area (Å²) in [4.78, 5) is 15.5. The van der Waals surface area contributed by atoms with Crippen molar-refractivity contribution >= 4 is 27.7 Å². The van der Waals surface area contributed by atoms with E-state index >= 15 is 0 Å². The second-order valence-electron chi connectivity index (χ2n) is 3.40. The lowest BCUT2D eigenvalue weighted by Gasteiger charge is -2.06. The molecule has 0 radical (unpaired) electrons. The fourth-order valence-electron chi connectivity index (χ4n) is 1.35. The van der Waals surface area contributed by atoms with Crippen LogP contribution in [-0.2, 0) is 4.79 Å². The Labute approximate surface area is 97.1 Å². The molecule has 16 heavy (non-hydrogen) atoms. The zero-order chi connectivity index (χ0) is 11.4. The Morgan fingerprint density at radius 1 is 1.44 bits per heavy atom. The lowest BCUT2D eigenvalue weighted by Crippen LogP contribution is -2.09. The summed E-state index contributed by atoms with van der Waals surface area (Å²) in [5.41, 5.74) is 0.612. The van der Waals surface area contributed by atoms with Crippen molar-refractivity contribution < 1.29 is 9.18 Å². The first-order valence-corrected chi connectivity index (χ1v) is 5.83. The largest absolute Gasteiger partial charge is 0.335 e. The van der Waals surface area contributed by atoms with E-state index in [9.17, 15) is 9.18 Å². The number of aliphatic imine (C=N–C) groups is 1. The maximum Gasteiger partial charge on any atom is 0.196 e. The van der Waals surface area contributed by atoms with Gasteiger partial charge in [-0.2, -0.15) is 0 Å². The minimum absolute atomic E-state index is 0.0974. The van der Waals surface area contributed by atoms with Gasteiger partial charge in [0, 0.05) is 18.7 Å². The molecule has 1 N–H and O–H groups in total. The van der Waals surface area contributed by atoms with E-state index < -0.39 is 0 Å². The van der Waals surface area contributed by atoms with Crippen molar-refractivity contribution in [3.05, 3.63) is 30.1 Å². The van der Waals surface area contributed by atoms with Gasteiger partial charge in [0.2, 0.25) is 0 Å². The molecule has 0 spiro atoms. The summed E-state index contributed by atoms with van der Waals surface area (Å²) in [5.74, 6) is -0.310. The highest BCUT2D eigenvalue weighted by atomic mass is 32.2. The smallest absolute Gasteiger partial charge is 0.196 e. The number of carbonyl (C=O) groups excluding carboxylic acids is 1. The van der Waals surface area contributed by atoms with Crippen LogP contribution in [0.1, 0.15) is 12.8 Å². The van der Waals surface area contributed by atoms with E-state index in [2.05, 4.69) is 10.3 Å². The molecule has 0 saturated carbocycles. The van der Waals surface area contributed by atoms with Crippen molar-refractivity contribution in [2.75, 3.05) is 11.9 Å². The third-order valence-electron chi connectivity index (χ3n) is 2.08. The monoisotopic (exact) mass is 238 g/mol. The predicted molar refractivity (Wildman–Crippen MR) is 64.2 cm³/mol. The number of amidine groups is 1. The quantitative estimate of drug-likeness (QED) is 0.817. The highest BCUT2D eigenvalue weighted by Gasteiger charge is 2.12. The molecule has 1 aromatic carbocycles. The number of thioether (sulfide) groups is 1. The number of nitrogens with one attached hydrogen (secondary N) is 1. The molecule has 5 heteroatoms. The van der Waals surface area contributed by atoms with Gasteiger partial charge in [-0.05, 0) is 36.4 Å². The lowest BCUT2D eigenvalue weighted by atomic mass is 10.3. The molecule has 3 nitrogen and oxygen atoms in total. The molecule has 2 rings (SSSR count). The first kappa shape index (κ1) is 11.1.